The highest BCUT2D eigenvalue weighted by molar-refractivity contribution is 8.26. The molecule has 3 heterocycles. The van der Waals surface area contributed by atoms with E-state index in [1.54, 1.807) is 16.5 Å². The van der Waals surface area contributed by atoms with Gasteiger partial charge in [-0.15, -0.1) is 0 Å². The van der Waals surface area contributed by atoms with Gasteiger partial charge in [-0.25, -0.2) is 0 Å². The molecule has 0 radical (unpaired) electrons. The van der Waals surface area contributed by atoms with Gasteiger partial charge in [-0.1, -0.05) is 87.4 Å². The molecule has 2 aromatic rings. The lowest BCUT2D eigenvalue weighted by molar-refractivity contribution is -0.122. The molecule has 0 bridgehead atoms. The molecule has 0 aliphatic carbocycles. The molecule has 8 heteroatoms. The third-order valence-corrected chi connectivity index (χ3v) is 9.76. The molecule has 2 aliphatic heterocycles. The van der Waals surface area contributed by atoms with E-state index in [0.29, 0.717) is 33.2 Å². The van der Waals surface area contributed by atoms with Gasteiger partial charge >= 0.3 is 0 Å². The molecule has 1 unspecified atom stereocenters. The van der Waals surface area contributed by atoms with Crippen LogP contribution in [0.1, 0.15) is 74.6 Å². The molecule has 0 spiro atoms. The van der Waals surface area contributed by atoms with Crippen LogP contribution in [0, 0.1) is 30.1 Å². The molecule has 4 rings (SSSR count). The Bertz CT molecular complexity index is 1370. The third kappa shape index (κ3) is 6.53. The second-order valence-electron chi connectivity index (χ2n) is 11.0. The Hall–Kier alpha value is -2.89. The summed E-state index contributed by atoms with van der Waals surface area (Å²) in [5.74, 6) is 1.69. The van der Waals surface area contributed by atoms with Crippen molar-refractivity contribution < 1.29 is 4.79 Å². The lowest BCUT2D eigenvalue weighted by Crippen LogP contribution is -2.39. The third-order valence-electron chi connectivity index (χ3n) is 8.38. The molecule has 1 aromatic carbocycles. The van der Waals surface area contributed by atoms with E-state index in [4.69, 9.17) is 12.2 Å². The van der Waals surface area contributed by atoms with Gasteiger partial charge < -0.3 is 4.90 Å². The second kappa shape index (κ2) is 13.6. The number of piperidine rings is 1. The number of pyridine rings is 1. The molecule has 6 nitrogen and oxygen atoms in total. The molecule has 1 aromatic heterocycles. The lowest BCUT2D eigenvalue weighted by atomic mass is 9.90. The van der Waals surface area contributed by atoms with Crippen LogP contribution in [-0.2, 0) is 18.3 Å². The molecule has 1 amide bonds. The van der Waals surface area contributed by atoms with Crippen LogP contribution in [0.4, 0.5) is 5.82 Å². The summed E-state index contributed by atoms with van der Waals surface area (Å²) in [5, 5.41) is 9.82. The fourth-order valence-electron chi connectivity index (χ4n) is 5.85. The van der Waals surface area contributed by atoms with Crippen molar-refractivity contribution in [2.45, 2.75) is 65.7 Å². The lowest BCUT2D eigenvalue weighted by Gasteiger charge is -2.36. The summed E-state index contributed by atoms with van der Waals surface area (Å²) < 4.78 is 2.17. The quantitative estimate of drug-likeness (QED) is 0.239. The van der Waals surface area contributed by atoms with Crippen molar-refractivity contribution >= 4 is 46.1 Å². The summed E-state index contributed by atoms with van der Waals surface area (Å²) in [6, 6.07) is 12.7. The van der Waals surface area contributed by atoms with Gasteiger partial charge in [0.1, 0.15) is 21.8 Å². The molecule has 0 saturated carbocycles. The maximum absolute atomic E-state index is 13.6. The number of rotatable bonds is 10. The number of nitrogens with zero attached hydrogens (tertiary/aromatic N) is 4. The smallest absolute Gasteiger partial charge is 0.270 e. The number of amides is 1. The van der Waals surface area contributed by atoms with E-state index in [1.807, 2.05) is 19.1 Å². The van der Waals surface area contributed by atoms with Gasteiger partial charge in [0.25, 0.3) is 11.5 Å². The Morgan fingerprint density at radius 2 is 1.88 bits per heavy atom. The predicted molar refractivity (Wildman–Crippen MR) is 169 cm³/mol. The minimum absolute atomic E-state index is 0.0794. The zero-order chi connectivity index (χ0) is 28.8. The first-order valence-electron chi connectivity index (χ1n) is 14.5. The molecule has 212 valence electrons. The molecule has 2 fully saturated rings. The van der Waals surface area contributed by atoms with Crippen molar-refractivity contribution in [2.75, 3.05) is 24.5 Å². The Balaban J connectivity index is 1.63. The van der Waals surface area contributed by atoms with Crippen LogP contribution in [0.15, 0.2) is 40.0 Å². The standard InChI is InChI=1S/C32H40N4O2S2/c1-5-7-11-23(6-2)21-36-31(38)28(40-32(36)39)19-26-22(3)27(20-33)30(37)34(4)29(26)35-16-14-25(15-17-35)18-24-12-9-8-10-13-24/h8-10,12-13,19,23,25H,5-7,11,14-18,21H2,1-4H3/b28-19-. The average Bonchev–Trinajstić information content (AvgIpc) is 3.22. The minimum atomic E-state index is -0.298. The zero-order valence-corrected chi connectivity index (χ0v) is 25.7. The van der Waals surface area contributed by atoms with Gasteiger partial charge in [0.2, 0.25) is 0 Å². The first-order chi connectivity index (χ1) is 19.3. The van der Waals surface area contributed by atoms with Crippen LogP contribution in [-0.4, -0.2) is 39.3 Å². The van der Waals surface area contributed by atoms with Crippen LogP contribution in [0.2, 0.25) is 0 Å². The maximum atomic E-state index is 13.6. The molecule has 2 aliphatic rings. The van der Waals surface area contributed by atoms with Crippen molar-refractivity contribution in [1.82, 2.24) is 9.47 Å². The van der Waals surface area contributed by atoms with Crippen molar-refractivity contribution in [3.05, 3.63) is 67.8 Å². The van der Waals surface area contributed by atoms with Crippen LogP contribution in [0.25, 0.3) is 6.08 Å². The number of benzene rings is 1. The predicted octanol–water partition coefficient (Wildman–Crippen LogP) is 6.44. The van der Waals surface area contributed by atoms with E-state index in [9.17, 15) is 14.9 Å². The van der Waals surface area contributed by atoms with Crippen molar-refractivity contribution in [3.8, 4) is 6.07 Å². The SMILES string of the molecule is CCCCC(CC)CN1C(=O)/C(=C/c2c(C)c(C#N)c(=O)n(C)c2N2CCC(Cc3ccccc3)CC2)SC1=S. The molecular weight excluding hydrogens is 537 g/mol. The molecule has 2 saturated heterocycles. The summed E-state index contributed by atoms with van der Waals surface area (Å²) in [6.07, 6.45) is 9.31. The topological polar surface area (TPSA) is 69.3 Å². The molecule has 1 atom stereocenters. The average molecular weight is 577 g/mol. The van der Waals surface area contributed by atoms with E-state index in [0.717, 1.165) is 69.4 Å². The van der Waals surface area contributed by atoms with E-state index in [1.165, 1.54) is 17.3 Å². The summed E-state index contributed by atoms with van der Waals surface area (Å²) in [6.45, 7) is 8.43. The van der Waals surface area contributed by atoms with E-state index < -0.39 is 0 Å². The number of carbonyl (C=O) groups is 1. The largest absolute Gasteiger partial charge is 0.357 e. The number of unbranched alkanes of at least 4 members (excludes halogenated alkanes) is 1. The monoisotopic (exact) mass is 576 g/mol. The van der Waals surface area contributed by atoms with Crippen LogP contribution in [0.5, 0.6) is 0 Å². The van der Waals surface area contributed by atoms with Crippen LogP contribution in [0.3, 0.4) is 0 Å². The summed E-state index contributed by atoms with van der Waals surface area (Å²) >= 11 is 6.97. The first-order valence-corrected chi connectivity index (χ1v) is 15.7. The number of thiocarbonyl (C=S) groups is 1. The molecule has 0 N–H and O–H groups in total. The van der Waals surface area contributed by atoms with Crippen LogP contribution < -0.4 is 10.5 Å². The van der Waals surface area contributed by atoms with Gasteiger partial charge in [0, 0.05) is 32.2 Å². The van der Waals surface area contributed by atoms with Gasteiger partial charge in [-0.3, -0.25) is 19.1 Å². The van der Waals surface area contributed by atoms with E-state index in [-0.39, 0.29) is 17.0 Å². The van der Waals surface area contributed by atoms with Crippen molar-refractivity contribution in [2.24, 2.45) is 18.9 Å². The van der Waals surface area contributed by atoms with Gasteiger partial charge in [-0.2, -0.15) is 5.26 Å². The highest BCUT2D eigenvalue weighted by atomic mass is 32.2. The number of hydrogen-bond acceptors (Lipinski definition) is 6. The number of hydrogen-bond donors (Lipinski definition) is 0. The minimum Gasteiger partial charge on any atom is -0.357 e. The van der Waals surface area contributed by atoms with Crippen molar-refractivity contribution in [1.29, 1.82) is 5.26 Å². The maximum Gasteiger partial charge on any atom is 0.270 e. The van der Waals surface area contributed by atoms with E-state index >= 15 is 0 Å². The van der Waals surface area contributed by atoms with Gasteiger partial charge in [0.05, 0.1) is 4.91 Å². The number of nitriles is 1. The fraction of sp³-hybridized carbons (Fsp3) is 0.500. The number of thioether (sulfide) groups is 1. The Kier molecular flexibility index (Phi) is 10.3. The zero-order valence-electron chi connectivity index (χ0n) is 24.1. The fourth-order valence-corrected chi connectivity index (χ4v) is 7.11. The Morgan fingerprint density at radius 1 is 1.18 bits per heavy atom. The Labute approximate surface area is 248 Å². The summed E-state index contributed by atoms with van der Waals surface area (Å²) in [7, 11) is 1.73. The number of anilines is 1. The van der Waals surface area contributed by atoms with Gasteiger partial charge in [0.15, 0.2) is 0 Å². The highest BCUT2D eigenvalue weighted by Crippen LogP contribution is 2.37. The van der Waals surface area contributed by atoms with Crippen LogP contribution >= 0.6 is 24.0 Å². The summed E-state index contributed by atoms with van der Waals surface area (Å²) in [5.41, 5.74) is 2.56. The highest BCUT2D eigenvalue weighted by Gasteiger charge is 2.34. The normalized spacial score (nSPS) is 18.0. The second-order valence-corrected chi connectivity index (χ2v) is 12.7. The Morgan fingerprint density at radius 3 is 2.50 bits per heavy atom. The number of carbonyl (C=O) groups excluding carboxylic acids is 1. The molecule has 40 heavy (non-hydrogen) atoms. The first kappa shape index (κ1) is 30.1. The summed E-state index contributed by atoms with van der Waals surface area (Å²) in [4.78, 5) is 31.3. The van der Waals surface area contributed by atoms with E-state index in [2.05, 4.69) is 49.1 Å². The van der Waals surface area contributed by atoms with Gasteiger partial charge in [-0.05, 0) is 61.6 Å². The number of aromatic nitrogens is 1. The molecular formula is C32H40N4O2S2. The van der Waals surface area contributed by atoms with Crippen molar-refractivity contribution in [3.63, 3.8) is 0 Å².